The molecular weight excluding hydrogens is 382 g/mol. The molecule has 0 fully saturated rings. The van der Waals surface area contributed by atoms with Gasteiger partial charge in [0.05, 0.1) is 11.2 Å². The highest BCUT2D eigenvalue weighted by Crippen LogP contribution is 2.40. The third-order valence-electron chi connectivity index (χ3n) is 5.18. The van der Waals surface area contributed by atoms with Crippen LogP contribution in [0, 0.1) is 18.3 Å². The second-order valence-corrected chi connectivity index (χ2v) is 6.91. The van der Waals surface area contributed by atoms with E-state index in [1.54, 1.807) is 18.0 Å². The molecule has 0 bridgehead atoms. The Morgan fingerprint density at radius 3 is 2.73 bits per heavy atom. The lowest BCUT2D eigenvalue weighted by atomic mass is 9.87. The molecule has 0 saturated heterocycles. The van der Waals surface area contributed by atoms with E-state index in [1.807, 2.05) is 31.2 Å². The minimum atomic E-state index is -0.250. The Kier molecular flexibility index (Phi) is 5.93. The Morgan fingerprint density at radius 2 is 2.07 bits per heavy atom. The molecule has 3 N–H and O–H groups in total. The van der Waals surface area contributed by atoms with Crippen LogP contribution in [0.4, 0.5) is 5.82 Å². The van der Waals surface area contributed by atoms with Crippen molar-refractivity contribution in [2.45, 2.75) is 26.8 Å². The number of aryl methyl sites for hydroxylation is 1. The van der Waals surface area contributed by atoms with Crippen molar-refractivity contribution in [1.82, 2.24) is 14.9 Å². The van der Waals surface area contributed by atoms with Crippen LogP contribution < -0.4 is 5.73 Å². The largest absolute Gasteiger partial charge is 0.483 e. The maximum Gasteiger partial charge on any atom is 0.290 e. The Bertz CT molecular complexity index is 1180. The molecule has 1 amide bonds. The number of nitrogen functional groups attached to an aromatic ring is 1. The number of pyridine rings is 2. The van der Waals surface area contributed by atoms with Crippen LogP contribution in [0.5, 0.6) is 0 Å². The second kappa shape index (κ2) is 8.57. The number of rotatable bonds is 1. The number of carboxylic acid groups (broad SMARTS) is 1. The number of amides is 1. The Labute approximate surface area is 173 Å². The normalized spacial score (nSPS) is 12.4. The average Bonchev–Trinajstić information content (AvgIpc) is 2.73. The quantitative estimate of drug-likeness (QED) is 0.597. The van der Waals surface area contributed by atoms with Crippen molar-refractivity contribution in [3.05, 3.63) is 52.8 Å². The average molecular weight is 403 g/mol. The number of nitrogens with two attached hydrogens (primary N) is 1. The molecule has 1 aliphatic heterocycles. The first-order chi connectivity index (χ1) is 14.4. The first kappa shape index (κ1) is 20.7. The Hall–Kier alpha value is -3.99. The molecular formula is C22H21N5O3. The van der Waals surface area contributed by atoms with Crippen molar-refractivity contribution in [1.29, 1.82) is 5.26 Å². The van der Waals surface area contributed by atoms with Crippen molar-refractivity contribution in [2.75, 3.05) is 12.3 Å². The molecule has 3 aromatic rings. The maximum absolute atomic E-state index is 12.0. The van der Waals surface area contributed by atoms with E-state index in [0.29, 0.717) is 25.1 Å². The fraction of sp³-hybridized carbons (Fsp3) is 0.227. The van der Waals surface area contributed by atoms with Crippen LogP contribution in [0.3, 0.4) is 0 Å². The van der Waals surface area contributed by atoms with Crippen LogP contribution in [0.25, 0.3) is 22.0 Å². The highest BCUT2D eigenvalue weighted by atomic mass is 16.3. The van der Waals surface area contributed by atoms with Crippen molar-refractivity contribution in [2.24, 2.45) is 0 Å². The summed E-state index contributed by atoms with van der Waals surface area (Å²) in [5.74, 6) is 0.251. The van der Waals surface area contributed by atoms with Gasteiger partial charge < -0.3 is 15.7 Å². The van der Waals surface area contributed by atoms with Gasteiger partial charge in [-0.1, -0.05) is 12.1 Å². The molecule has 0 unspecified atom stereocenters. The summed E-state index contributed by atoms with van der Waals surface area (Å²) in [6.45, 7) is 4.36. The lowest BCUT2D eigenvalue weighted by molar-refractivity contribution is -0.129. The van der Waals surface area contributed by atoms with Gasteiger partial charge in [0.2, 0.25) is 5.91 Å². The van der Waals surface area contributed by atoms with Crippen LogP contribution in [-0.4, -0.2) is 38.9 Å². The molecule has 152 valence electrons. The monoisotopic (exact) mass is 403 g/mol. The van der Waals surface area contributed by atoms with Crippen LogP contribution in [0.15, 0.2) is 30.5 Å². The fourth-order valence-corrected chi connectivity index (χ4v) is 3.83. The van der Waals surface area contributed by atoms with E-state index < -0.39 is 0 Å². The highest BCUT2D eigenvalue weighted by molar-refractivity contribution is 5.99. The number of carbonyl (C=O) groups is 2. The van der Waals surface area contributed by atoms with Gasteiger partial charge >= 0.3 is 0 Å². The second-order valence-electron chi connectivity index (χ2n) is 6.91. The van der Waals surface area contributed by atoms with Crippen molar-refractivity contribution in [3.8, 4) is 17.2 Å². The van der Waals surface area contributed by atoms with Crippen LogP contribution >= 0.6 is 0 Å². The first-order valence-electron chi connectivity index (χ1n) is 9.32. The number of hydrogen-bond donors (Lipinski definition) is 2. The predicted octanol–water partition coefficient (Wildman–Crippen LogP) is 2.66. The van der Waals surface area contributed by atoms with E-state index in [-0.39, 0.29) is 18.2 Å². The summed E-state index contributed by atoms with van der Waals surface area (Å²) in [5, 5.41) is 17.7. The number of fused-ring (bicyclic) bond motifs is 2. The molecule has 0 spiro atoms. The summed E-state index contributed by atoms with van der Waals surface area (Å²) in [4.78, 5) is 31.0. The molecule has 0 saturated carbocycles. The third kappa shape index (κ3) is 3.65. The van der Waals surface area contributed by atoms with Crippen molar-refractivity contribution < 1.29 is 14.7 Å². The lowest BCUT2D eigenvalue weighted by Gasteiger charge is -2.30. The smallest absolute Gasteiger partial charge is 0.290 e. The number of carbonyl (C=O) groups excluding carboxylic acids is 1. The van der Waals surface area contributed by atoms with Gasteiger partial charge in [-0.25, -0.2) is 4.98 Å². The molecule has 2 aromatic heterocycles. The summed E-state index contributed by atoms with van der Waals surface area (Å²) >= 11 is 0. The zero-order valence-corrected chi connectivity index (χ0v) is 16.7. The molecule has 8 heteroatoms. The van der Waals surface area contributed by atoms with E-state index in [0.717, 1.165) is 38.9 Å². The fourth-order valence-electron chi connectivity index (χ4n) is 3.83. The summed E-state index contributed by atoms with van der Waals surface area (Å²) in [6.07, 6.45) is 2.38. The Balaban J connectivity index is 0.000000806. The molecule has 1 aliphatic rings. The minimum absolute atomic E-state index is 0.0123. The van der Waals surface area contributed by atoms with Gasteiger partial charge in [-0.05, 0) is 30.2 Å². The van der Waals surface area contributed by atoms with Gasteiger partial charge in [0.1, 0.15) is 17.5 Å². The highest BCUT2D eigenvalue weighted by Gasteiger charge is 2.27. The van der Waals surface area contributed by atoms with Crippen molar-refractivity contribution >= 4 is 29.1 Å². The zero-order chi connectivity index (χ0) is 21.8. The number of anilines is 1. The predicted molar refractivity (Wildman–Crippen MR) is 112 cm³/mol. The molecule has 4 rings (SSSR count). The van der Waals surface area contributed by atoms with Gasteiger partial charge in [0, 0.05) is 49.1 Å². The van der Waals surface area contributed by atoms with Gasteiger partial charge in [0.25, 0.3) is 6.47 Å². The summed E-state index contributed by atoms with van der Waals surface area (Å²) in [6, 6.07) is 10.1. The van der Waals surface area contributed by atoms with Crippen LogP contribution in [0.2, 0.25) is 0 Å². The van der Waals surface area contributed by atoms with E-state index >= 15 is 0 Å². The van der Waals surface area contributed by atoms with Crippen LogP contribution in [-0.2, 0) is 22.6 Å². The first-order valence-corrected chi connectivity index (χ1v) is 9.32. The SMILES string of the molecule is CC(=O)N1CCc2nc(N)c(C#N)c(-c3c(C)ccc4ncccc34)c2C1.O=CO. The standard InChI is InChI=1S/C21H19N5O.CH2O2/c1-12-5-6-17-14(4-3-8-24-17)19(12)20-15(10-22)21(23)25-18-7-9-26(13(2)27)11-16(18)20;2-1-3/h3-6,8H,7,9,11H2,1-2H3,(H2,23,25);1H,(H,2,3). The van der Waals surface area contributed by atoms with E-state index in [4.69, 9.17) is 15.6 Å². The molecule has 3 heterocycles. The number of benzene rings is 1. The maximum atomic E-state index is 12.0. The number of nitrogens with zero attached hydrogens (tertiary/aromatic N) is 4. The summed E-state index contributed by atoms with van der Waals surface area (Å²) in [7, 11) is 0. The van der Waals surface area contributed by atoms with E-state index in [2.05, 4.69) is 16.0 Å². The topological polar surface area (TPSA) is 133 Å². The number of nitriles is 1. The number of hydrogen-bond acceptors (Lipinski definition) is 6. The van der Waals surface area contributed by atoms with Gasteiger partial charge in [-0.15, -0.1) is 0 Å². The Morgan fingerprint density at radius 1 is 1.33 bits per heavy atom. The molecule has 0 aliphatic carbocycles. The molecule has 0 radical (unpaired) electrons. The lowest BCUT2D eigenvalue weighted by Crippen LogP contribution is -2.35. The zero-order valence-electron chi connectivity index (χ0n) is 16.7. The molecule has 30 heavy (non-hydrogen) atoms. The van der Waals surface area contributed by atoms with Gasteiger partial charge in [-0.2, -0.15) is 5.26 Å². The molecule has 1 aromatic carbocycles. The van der Waals surface area contributed by atoms with Crippen LogP contribution in [0.1, 0.15) is 29.3 Å². The molecule has 8 nitrogen and oxygen atoms in total. The summed E-state index contributed by atoms with van der Waals surface area (Å²) in [5.41, 5.74) is 11.9. The van der Waals surface area contributed by atoms with Crippen molar-refractivity contribution in [3.63, 3.8) is 0 Å². The third-order valence-corrected chi connectivity index (χ3v) is 5.18. The summed E-state index contributed by atoms with van der Waals surface area (Å²) < 4.78 is 0. The van der Waals surface area contributed by atoms with E-state index in [9.17, 15) is 10.1 Å². The number of aromatic nitrogens is 2. The van der Waals surface area contributed by atoms with Gasteiger partial charge in [-0.3, -0.25) is 14.6 Å². The minimum Gasteiger partial charge on any atom is -0.483 e. The van der Waals surface area contributed by atoms with E-state index in [1.165, 1.54) is 0 Å². The molecule has 0 atom stereocenters. The van der Waals surface area contributed by atoms with Gasteiger partial charge in [0.15, 0.2) is 0 Å².